The maximum absolute atomic E-state index is 10.0. The summed E-state index contributed by atoms with van der Waals surface area (Å²) >= 11 is 0. The van der Waals surface area contributed by atoms with Gasteiger partial charge in [-0.3, -0.25) is 4.79 Å². The molecule has 0 saturated carbocycles. The molecule has 7 heteroatoms. The predicted molar refractivity (Wildman–Crippen MR) is 112 cm³/mol. The molecule has 0 aliphatic rings. The van der Waals surface area contributed by atoms with Crippen LogP contribution in [0.15, 0.2) is 42.3 Å². The molecule has 0 saturated heterocycles. The van der Waals surface area contributed by atoms with Crippen molar-refractivity contribution in [3.8, 4) is 22.8 Å². The van der Waals surface area contributed by atoms with E-state index in [2.05, 4.69) is 35.9 Å². The summed E-state index contributed by atoms with van der Waals surface area (Å²) in [7, 11) is 3.27. The van der Waals surface area contributed by atoms with Crippen LogP contribution in [-0.2, 0) is 25.9 Å². The molecule has 0 aliphatic carbocycles. The Hall–Kier alpha value is -2.33. The number of aliphatic hydroxyl groups excluding tert-OH is 1. The van der Waals surface area contributed by atoms with Gasteiger partial charge >= 0.3 is 0 Å². The number of anilines is 1. The van der Waals surface area contributed by atoms with Crippen molar-refractivity contribution in [2.24, 2.45) is 0 Å². The fraction of sp³-hybridized carbons (Fsp3) is 0.364. The molecule has 0 amide bonds. The first-order chi connectivity index (χ1) is 13.4. The van der Waals surface area contributed by atoms with Crippen molar-refractivity contribution in [3.05, 3.63) is 48.4 Å². The molecule has 0 radical (unpaired) electrons. The molecule has 162 valence electrons. The zero-order valence-corrected chi connectivity index (χ0v) is 20.0. The van der Waals surface area contributed by atoms with Crippen molar-refractivity contribution in [3.63, 3.8) is 0 Å². The Morgan fingerprint density at radius 2 is 1.86 bits per heavy atom. The third-order valence-corrected chi connectivity index (χ3v) is 3.87. The molecule has 2 aromatic rings. The van der Waals surface area contributed by atoms with E-state index in [9.17, 15) is 4.79 Å². The molecule has 29 heavy (non-hydrogen) atoms. The number of aromatic nitrogens is 1. The fourth-order valence-corrected chi connectivity index (χ4v) is 2.57. The molecule has 1 heterocycles. The van der Waals surface area contributed by atoms with Gasteiger partial charge in [-0.25, -0.2) is 0 Å². The number of pyridine rings is 1. The Kier molecular flexibility index (Phi) is 12.7. The zero-order valence-electron chi connectivity index (χ0n) is 17.8. The minimum Gasteiger partial charge on any atom is -0.540 e. The van der Waals surface area contributed by atoms with E-state index >= 15 is 0 Å². The predicted octanol–water partition coefficient (Wildman–Crippen LogP) is 4.45. The van der Waals surface area contributed by atoms with Crippen LogP contribution < -0.4 is 14.4 Å². The summed E-state index contributed by atoms with van der Waals surface area (Å²) in [6.45, 7) is 9.06. The van der Waals surface area contributed by atoms with Crippen LogP contribution in [0, 0.1) is 6.07 Å². The van der Waals surface area contributed by atoms with Crippen molar-refractivity contribution in [2.45, 2.75) is 27.7 Å². The van der Waals surface area contributed by atoms with Gasteiger partial charge in [0.25, 0.3) is 0 Å². The normalized spacial score (nSPS) is 10.2. The second-order valence-corrected chi connectivity index (χ2v) is 5.95. The van der Waals surface area contributed by atoms with Gasteiger partial charge in [-0.2, -0.15) is 0 Å². The number of carbonyl (C=O) groups is 1. The van der Waals surface area contributed by atoms with Gasteiger partial charge in [0, 0.05) is 63.6 Å². The van der Waals surface area contributed by atoms with E-state index in [1.54, 1.807) is 20.3 Å². The van der Waals surface area contributed by atoms with Crippen molar-refractivity contribution >= 4 is 11.5 Å². The number of benzene rings is 1. The van der Waals surface area contributed by atoms with Crippen LogP contribution in [0.3, 0.4) is 0 Å². The molecular formula is C22H29N2O4Pt-. The Labute approximate surface area is 187 Å². The van der Waals surface area contributed by atoms with Gasteiger partial charge in [-0.15, -0.1) is 12.1 Å². The van der Waals surface area contributed by atoms with E-state index in [4.69, 9.17) is 14.6 Å². The number of hydrogen-bond donors (Lipinski definition) is 1. The third-order valence-electron chi connectivity index (χ3n) is 3.87. The second kappa shape index (κ2) is 13.8. The minimum absolute atomic E-state index is 0. The Morgan fingerprint density at radius 3 is 2.31 bits per heavy atom. The SMILES string of the molecule is CC(=O)/C=C(/C)O.CCN(CC)c1ccnc(-c2[c-]cc(OC)cc2OC)c1.[Pt]. The summed E-state index contributed by atoms with van der Waals surface area (Å²) in [4.78, 5) is 16.7. The van der Waals surface area contributed by atoms with E-state index in [1.807, 2.05) is 18.3 Å². The maximum atomic E-state index is 10.0. The summed E-state index contributed by atoms with van der Waals surface area (Å²) in [6, 6.07) is 10.9. The quantitative estimate of drug-likeness (QED) is 0.297. The molecule has 0 atom stereocenters. The van der Waals surface area contributed by atoms with E-state index in [0.717, 1.165) is 35.8 Å². The number of ketones is 1. The van der Waals surface area contributed by atoms with Gasteiger partial charge in [-0.05, 0) is 39.5 Å². The number of methoxy groups -OCH3 is 2. The number of ether oxygens (including phenoxy) is 2. The fourth-order valence-electron chi connectivity index (χ4n) is 2.57. The Balaban J connectivity index is 0.000000846. The number of carbonyl (C=O) groups excluding carboxylic acids is 1. The van der Waals surface area contributed by atoms with Gasteiger partial charge in [0.2, 0.25) is 0 Å². The smallest absolute Gasteiger partial charge is 0.155 e. The van der Waals surface area contributed by atoms with E-state index in [0.29, 0.717) is 5.75 Å². The van der Waals surface area contributed by atoms with Crippen LogP contribution in [0.5, 0.6) is 11.5 Å². The summed E-state index contributed by atoms with van der Waals surface area (Å²) in [5.41, 5.74) is 2.84. The van der Waals surface area contributed by atoms with E-state index in [-0.39, 0.29) is 32.6 Å². The summed E-state index contributed by atoms with van der Waals surface area (Å²) in [5.74, 6) is 1.36. The van der Waals surface area contributed by atoms with E-state index < -0.39 is 0 Å². The van der Waals surface area contributed by atoms with Crippen LogP contribution >= 0.6 is 0 Å². The molecule has 0 aliphatic heterocycles. The first kappa shape index (κ1) is 26.7. The number of aliphatic hydroxyl groups is 1. The number of allylic oxidation sites excluding steroid dienone is 2. The maximum Gasteiger partial charge on any atom is 0.155 e. The van der Waals surface area contributed by atoms with Crippen molar-refractivity contribution < 1.29 is 40.4 Å². The summed E-state index contributed by atoms with van der Waals surface area (Å²) < 4.78 is 10.6. The average molecular weight is 581 g/mol. The Morgan fingerprint density at radius 1 is 1.21 bits per heavy atom. The van der Waals surface area contributed by atoms with Crippen LogP contribution in [0.25, 0.3) is 11.3 Å². The van der Waals surface area contributed by atoms with Gasteiger partial charge in [0.05, 0.1) is 20.0 Å². The number of rotatable bonds is 7. The molecule has 0 bridgehead atoms. The van der Waals surface area contributed by atoms with Crippen molar-refractivity contribution in [1.29, 1.82) is 0 Å². The third kappa shape index (κ3) is 8.69. The standard InChI is InChI=1S/C17H21N2O2.C5H8O2.Pt/c1-5-19(6-2)13-9-10-18-16(11-13)15-8-7-14(20-3)12-17(15)21-4;1-4(6)3-5(2)7;/h7,9-12H,5-6H2,1-4H3;3,6H,1-2H3;/q-1;;/b;4-3-;. The number of hydrogen-bond acceptors (Lipinski definition) is 6. The average Bonchev–Trinajstić information content (AvgIpc) is 2.68. The molecular weight excluding hydrogens is 551 g/mol. The first-order valence-electron chi connectivity index (χ1n) is 9.09. The zero-order chi connectivity index (χ0) is 21.1. The molecule has 0 unspecified atom stereocenters. The monoisotopic (exact) mass is 580 g/mol. The number of nitrogens with zero attached hydrogens (tertiary/aromatic N) is 2. The minimum atomic E-state index is -0.125. The van der Waals surface area contributed by atoms with Gasteiger partial charge in [0.15, 0.2) is 5.78 Å². The molecule has 1 N–H and O–H groups in total. The van der Waals surface area contributed by atoms with Gasteiger partial charge in [-0.1, -0.05) is 17.7 Å². The van der Waals surface area contributed by atoms with Crippen molar-refractivity contribution in [2.75, 3.05) is 32.2 Å². The molecule has 0 fully saturated rings. The van der Waals surface area contributed by atoms with Gasteiger partial charge in [0.1, 0.15) is 0 Å². The van der Waals surface area contributed by atoms with Crippen LogP contribution in [0.2, 0.25) is 0 Å². The van der Waals surface area contributed by atoms with Crippen LogP contribution in [0.1, 0.15) is 27.7 Å². The summed E-state index contributed by atoms with van der Waals surface area (Å²) in [5, 5.41) is 8.36. The Bertz CT molecular complexity index is 801. The molecule has 0 spiro atoms. The topological polar surface area (TPSA) is 71.9 Å². The van der Waals surface area contributed by atoms with Gasteiger partial charge < -0.3 is 24.5 Å². The van der Waals surface area contributed by atoms with E-state index in [1.165, 1.54) is 19.9 Å². The molecule has 6 nitrogen and oxygen atoms in total. The molecule has 2 rings (SSSR count). The second-order valence-electron chi connectivity index (χ2n) is 5.95. The van der Waals surface area contributed by atoms with Crippen LogP contribution in [-0.4, -0.2) is 43.2 Å². The largest absolute Gasteiger partial charge is 0.540 e. The first-order valence-corrected chi connectivity index (χ1v) is 9.09. The summed E-state index contributed by atoms with van der Waals surface area (Å²) in [6.07, 6.45) is 2.99. The molecule has 1 aromatic heterocycles. The van der Waals surface area contributed by atoms with Crippen LogP contribution in [0.4, 0.5) is 5.69 Å². The van der Waals surface area contributed by atoms with Crippen molar-refractivity contribution in [1.82, 2.24) is 4.98 Å². The molecule has 1 aromatic carbocycles.